The van der Waals surface area contributed by atoms with Crippen LogP contribution in [-0.4, -0.2) is 38.5 Å². The van der Waals surface area contributed by atoms with Gasteiger partial charge in [-0.05, 0) is 25.1 Å². The van der Waals surface area contributed by atoms with Gasteiger partial charge >= 0.3 is 0 Å². The number of hydrogen-bond acceptors (Lipinski definition) is 4. The highest BCUT2D eigenvalue weighted by molar-refractivity contribution is 7.89. The number of ether oxygens (including phenoxy) is 1. The number of hydrogen-bond donors (Lipinski definition) is 1. The van der Waals surface area contributed by atoms with Crippen LogP contribution in [0, 0.1) is 5.82 Å². The normalized spacial score (nSPS) is 22.0. The Morgan fingerprint density at radius 1 is 1.44 bits per heavy atom. The van der Waals surface area contributed by atoms with Gasteiger partial charge in [0.25, 0.3) is 0 Å². The van der Waals surface area contributed by atoms with Crippen molar-refractivity contribution in [2.24, 2.45) is 0 Å². The summed E-state index contributed by atoms with van der Waals surface area (Å²) in [6.07, 6.45) is 0. The van der Waals surface area contributed by atoms with Gasteiger partial charge in [-0.15, -0.1) is 0 Å². The predicted octanol–water partition coefficient (Wildman–Crippen LogP) is 0.817. The summed E-state index contributed by atoms with van der Waals surface area (Å²) in [5, 5.41) is 0. The van der Waals surface area contributed by atoms with Gasteiger partial charge in [0.1, 0.15) is 5.82 Å². The largest absolute Gasteiger partial charge is 0.399 e. The maximum atomic E-state index is 13.2. The molecule has 0 bridgehead atoms. The zero-order valence-corrected chi connectivity index (χ0v) is 10.8. The second-order valence-electron chi connectivity index (χ2n) is 4.26. The summed E-state index contributed by atoms with van der Waals surface area (Å²) >= 11 is 0. The van der Waals surface area contributed by atoms with Crippen LogP contribution >= 0.6 is 0 Å². The molecule has 0 unspecified atom stereocenters. The average molecular weight is 274 g/mol. The van der Waals surface area contributed by atoms with Crippen molar-refractivity contribution >= 4 is 15.7 Å². The van der Waals surface area contributed by atoms with Crippen LogP contribution in [0.3, 0.4) is 0 Å². The van der Waals surface area contributed by atoms with Gasteiger partial charge in [0.2, 0.25) is 10.0 Å². The van der Waals surface area contributed by atoms with E-state index in [-0.39, 0.29) is 23.2 Å². The first-order chi connectivity index (χ1) is 8.41. The van der Waals surface area contributed by atoms with E-state index in [1.54, 1.807) is 6.92 Å². The van der Waals surface area contributed by atoms with E-state index in [9.17, 15) is 12.8 Å². The lowest BCUT2D eigenvalue weighted by Crippen LogP contribution is -2.46. The second-order valence-corrected chi connectivity index (χ2v) is 6.15. The zero-order valence-electron chi connectivity index (χ0n) is 9.97. The second kappa shape index (κ2) is 4.83. The summed E-state index contributed by atoms with van der Waals surface area (Å²) in [4.78, 5) is -0.117. The van der Waals surface area contributed by atoms with Crippen molar-refractivity contribution < 1.29 is 17.5 Å². The Hall–Kier alpha value is -1.18. The van der Waals surface area contributed by atoms with E-state index in [0.717, 1.165) is 12.1 Å². The van der Waals surface area contributed by atoms with E-state index in [4.69, 9.17) is 10.5 Å². The van der Waals surface area contributed by atoms with Crippen molar-refractivity contribution in [1.29, 1.82) is 0 Å². The molecule has 2 rings (SSSR count). The fraction of sp³-hybridized carbons (Fsp3) is 0.455. The molecule has 1 aromatic rings. The molecule has 1 aliphatic rings. The van der Waals surface area contributed by atoms with Crippen LogP contribution in [0.1, 0.15) is 6.92 Å². The molecule has 0 aromatic heterocycles. The third-order valence-electron chi connectivity index (χ3n) is 2.81. The first kappa shape index (κ1) is 13.3. The topological polar surface area (TPSA) is 72.6 Å². The number of nitrogen functional groups attached to an aromatic ring is 1. The highest BCUT2D eigenvalue weighted by atomic mass is 32.2. The molecule has 18 heavy (non-hydrogen) atoms. The summed E-state index contributed by atoms with van der Waals surface area (Å²) in [6.45, 7) is 2.69. The lowest BCUT2D eigenvalue weighted by molar-refractivity contribution is 0.0392. The van der Waals surface area contributed by atoms with Gasteiger partial charge in [-0.2, -0.15) is 4.31 Å². The molecule has 0 saturated carbocycles. The van der Waals surface area contributed by atoms with Crippen LogP contribution in [-0.2, 0) is 14.8 Å². The van der Waals surface area contributed by atoms with Gasteiger partial charge in [-0.25, -0.2) is 12.8 Å². The first-order valence-corrected chi connectivity index (χ1v) is 7.01. The van der Waals surface area contributed by atoms with E-state index in [1.807, 2.05) is 0 Å². The summed E-state index contributed by atoms with van der Waals surface area (Å²) in [6, 6.07) is 3.06. The maximum Gasteiger partial charge on any atom is 0.243 e. The SMILES string of the molecule is C[C@@H]1COCCN1S(=O)(=O)c1cc(N)cc(F)c1. The fourth-order valence-electron chi connectivity index (χ4n) is 1.94. The number of nitrogens with zero attached hydrogens (tertiary/aromatic N) is 1. The highest BCUT2D eigenvalue weighted by Gasteiger charge is 2.31. The monoisotopic (exact) mass is 274 g/mol. The number of benzene rings is 1. The van der Waals surface area contributed by atoms with Gasteiger partial charge in [0.05, 0.1) is 18.1 Å². The minimum absolute atomic E-state index is 0.0921. The molecule has 0 radical (unpaired) electrons. The molecule has 7 heteroatoms. The molecule has 1 aliphatic heterocycles. The molecule has 2 N–H and O–H groups in total. The van der Waals surface area contributed by atoms with Crippen molar-refractivity contribution in [1.82, 2.24) is 4.31 Å². The van der Waals surface area contributed by atoms with Gasteiger partial charge in [-0.3, -0.25) is 0 Å². The molecule has 0 aliphatic carbocycles. The number of nitrogens with two attached hydrogens (primary N) is 1. The highest BCUT2D eigenvalue weighted by Crippen LogP contribution is 2.23. The quantitative estimate of drug-likeness (QED) is 0.810. The van der Waals surface area contributed by atoms with Gasteiger partial charge in [0.15, 0.2) is 0 Å². The Labute approximate surface area is 105 Å². The smallest absolute Gasteiger partial charge is 0.243 e. The van der Waals surface area contributed by atoms with Crippen LogP contribution < -0.4 is 5.73 Å². The van der Waals surface area contributed by atoms with E-state index in [1.165, 1.54) is 10.4 Å². The summed E-state index contributed by atoms with van der Waals surface area (Å²) in [5.74, 6) is -0.658. The molecule has 1 heterocycles. The zero-order chi connectivity index (χ0) is 13.3. The number of anilines is 1. The third kappa shape index (κ3) is 2.47. The molecule has 0 amide bonds. The molecular weight excluding hydrogens is 259 g/mol. The lowest BCUT2D eigenvalue weighted by Gasteiger charge is -2.32. The number of halogens is 1. The standard InChI is InChI=1S/C11H15FN2O3S/c1-8-7-17-3-2-14(8)18(15,16)11-5-9(12)4-10(13)6-11/h4-6,8H,2-3,7,13H2,1H3/t8-/m1/s1. The molecule has 1 saturated heterocycles. The van der Waals surface area contributed by atoms with Crippen LogP contribution in [0.15, 0.2) is 23.1 Å². The Morgan fingerprint density at radius 3 is 2.78 bits per heavy atom. The minimum Gasteiger partial charge on any atom is -0.399 e. The van der Waals surface area contributed by atoms with Crippen molar-refractivity contribution in [3.63, 3.8) is 0 Å². The van der Waals surface area contributed by atoms with Crippen LogP contribution in [0.5, 0.6) is 0 Å². The molecule has 100 valence electrons. The average Bonchev–Trinajstić information content (AvgIpc) is 2.28. The van der Waals surface area contributed by atoms with E-state index < -0.39 is 15.8 Å². The number of rotatable bonds is 2. The first-order valence-electron chi connectivity index (χ1n) is 5.57. The van der Waals surface area contributed by atoms with Crippen molar-refractivity contribution in [2.45, 2.75) is 17.9 Å². The van der Waals surface area contributed by atoms with Gasteiger partial charge < -0.3 is 10.5 Å². The lowest BCUT2D eigenvalue weighted by atomic mass is 10.3. The van der Waals surface area contributed by atoms with Crippen molar-refractivity contribution in [3.8, 4) is 0 Å². The Kier molecular flexibility index (Phi) is 3.56. The summed E-state index contributed by atoms with van der Waals surface area (Å²) < 4.78 is 44.4. The Bertz CT molecular complexity index is 527. The van der Waals surface area contributed by atoms with E-state index in [2.05, 4.69) is 0 Å². The number of sulfonamides is 1. The molecular formula is C11H15FN2O3S. The molecule has 1 atom stereocenters. The van der Waals surface area contributed by atoms with Crippen molar-refractivity contribution in [3.05, 3.63) is 24.0 Å². The summed E-state index contributed by atoms with van der Waals surface area (Å²) in [7, 11) is -3.72. The van der Waals surface area contributed by atoms with E-state index in [0.29, 0.717) is 13.2 Å². The van der Waals surface area contributed by atoms with Gasteiger partial charge in [0, 0.05) is 18.3 Å². The van der Waals surface area contributed by atoms with Crippen LogP contribution in [0.25, 0.3) is 0 Å². The minimum atomic E-state index is -3.72. The Balaban J connectivity index is 2.40. The van der Waals surface area contributed by atoms with Gasteiger partial charge in [-0.1, -0.05) is 0 Å². The Morgan fingerprint density at radius 2 is 2.17 bits per heavy atom. The number of morpholine rings is 1. The van der Waals surface area contributed by atoms with E-state index >= 15 is 0 Å². The molecule has 1 fully saturated rings. The third-order valence-corrected chi connectivity index (χ3v) is 4.80. The maximum absolute atomic E-state index is 13.2. The van der Waals surface area contributed by atoms with Crippen LogP contribution in [0.4, 0.5) is 10.1 Å². The molecule has 5 nitrogen and oxygen atoms in total. The fourth-order valence-corrected chi connectivity index (χ4v) is 3.60. The predicted molar refractivity (Wildman–Crippen MR) is 65.0 cm³/mol. The van der Waals surface area contributed by atoms with Crippen molar-refractivity contribution in [2.75, 3.05) is 25.5 Å². The van der Waals surface area contributed by atoms with Crippen LogP contribution in [0.2, 0.25) is 0 Å². The summed E-state index contributed by atoms with van der Waals surface area (Å²) in [5.41, 5.74) is 5.56. The molecule has 1 aromatic carbocycles. The molecule has 0 spiro atoms.